The normalized spacial score (nSPS) is 11.6. The number of aromatic nitrogens is 2. The van der Waals surface area contributed by atoms with Crippen LogP contribution in [-0.4, -0.2) is 49.7 Å². The first-order valence-corrected chi connectivity index (χ1v) is 7.69. The molecule has 1 aromatic rings. The second-order valence-corrected chi connectivity index (χ2v) is 6.19. The average Bonchev–Trinajstić information content (AvgIpc) is 2.74. The number of sulfonamides is 1. The summed E-state index contributed by atoms with van der Waals surface area (Å²) in [5.41, 5.74) is 0.290. The molecule has 114 valence electrons. The van der Waals surface area contributed by atoms with Gasteiger partial charge in [0.25, 0.3) is 0 Å². The maximum atomic E-state index is 11.7. The van der Waals surface area contributed by atoms with Crippen LogP contribution in [0.1, 0.15) is 13.8 Å². The molecule has 1 rings (SSSR count). The lowest BCUT2D eigenvalue weighted by Gasteiger charge is -2.08. The third-order valence-electron chi connectivity index (χ3n) is 2.23. The Bertz CT molecular complexity index is 538. The number of anilines is 1. The Balaban J connectivity index is 2.53. The van der Waals surface area contributed by atoms with Crippen molar-refractivity contribution in [3.05, 3.63) is 12.4 Å². The molecular weight excluding hydrogens is 286 g/mol. The van der Waals surface area contributed by atoms with E-state index >= 15 is 0 Å². The molecule has 0 saturated heterocycles. The molecular formula is C11H19N3O5S. The molecule has 1 N–H and O–H groups in total. The van der Waals surface area contributed by atoms with Gasteiger partial charge in [-0.15, -0.1) is 0 Å². The molecule has 0 amide bonds. The van der Waals surface area contributed by atoms with Crippen molar-refractivity contribution in [2.45, 2.75) is 26.5 Å². The van der Waals surface area contributed by atoms with E-state index in [0.717, 1.165) is 0 Å². The molecule has 0 atom stereocenters. The number of nitrogens with one attached hydrogen (secondary N) is 1. The lowest BCUT2D eigenvalue weighted by molar-refractivity contribution is -0.141. The lowest BCUT2D eigenvalue weighted by Crippen LogP contribution is -2.21. The summed E-state index contributed by atoms with van der Waals surface area (Å²) in [4.78, 5) is 11.0. The van der Waals surface area contributed by atoms with Gasteiger partial charge in [-0.25, -0.2) is 8.42 Å². The molecule has 20 heavy (non-hydrogen) atoms. The molecule has 0 bridgehead atoms. The highest BCUT2D eigenvalue weighted by atomic mass is 32.2. The number of carbonyl (C=O) groups excluding carboxylic acids is 1. The van der Waals surface area contributed by atoms with Crippen molar-refractivity contribution >= 4 is 21.7 Å². The first-order valence-electron chi connectivity index (χ1n) is 6.04. The maximum absolute atomic E-state index is 11.7. The lowest BCUT2D eigenvalue weighted by atomic mass is 10.5. The van der Waals surface area contributed by atoms with Crippen LogP contribution in [-0.2, 0) is 30.8 Å². The largest absolute Gasteiger partial charge is 0.468 e. The van der Waals surface area contributed by atoms with E-state index in [0.29, 0.717) is 5.69 Å². The quantitative estimate of drug-likeness (QED) is 0.690. The van der Waals surface area contributed by atoms with E-state index in [1.165, 1.54) is 24.2 Å². The van der Waals surface area contributed by atoms with E-state index in [1.807, 2.05) is 13.8 Å². The Morgan fingerprint density at radius 3 is 2.80 bits per heavy atom. The summed E-state index contributed by atoms with van der Waals surface area (Å²) in [5.74, 6) is -0.610. The summed E-state index contributed by atoms with van der Waals surface area (Å²) in [6.07, 6.45) is 2.72. The van der Waals surface area contributed by atoms with Gasteiger partial charge in [-0.05, 0) is 13.8 Å². The minimum absolute atomic E-state index is 0.0204. The Morgan fingerprint density at radius 1 is 1.50 bits per heavy atom. The number of nitrogens with zero attached hydrogens (tertiary/aromatic N) is 2. The third-order valence-corrected chi connectivity index (χ3v) is 3.48. The van der Waals surface area contributed by atoms with Gasteiger partial charge in [0, 0.05) is 6.20 Å². The van der Waals surface area contributed by atoms with Crippen LogP contribution in [0.4, 0.5) is 5.69 Å². The van der Waals surface area contributed by atoms with Gasteiger partial charge < -0.3 is 9.47 Å². The molecule has 0 spiro atoms. The molecule has 0 radical (unpaired) electrons. The fourth-order valence-electron chi connectivity index (χ4n) is 1.32. The van der Waals surface area contributed by atoms with Crippen LogP contribution in [0.3, 0.4) is 0 Å². The zero-order chi connectivity index (χ0) is 15.2. The maximum Gasteiger partial charge on any atom is 0.327 e. The van der Waals surface area contributed by atoms with Gasteiger partial charge in [0.15, 0.2) is 0 Å². The van der Waals surface area contributed by atoms with E-state index in [9.17, 15) is 13.2 Å². The number of hydrogen-bond donors (Lipinski definition) is 1. The van der Waals surface area contributed by atoms with Crippen LogP contribution in [0.2, 0.25) is 0 Å². The molecule has 0 aliphatic heterocycles. The second-order valence-electron chi connectivity index (χ2n) is 4.34. The van der Waals surface area contributed by atoms with Crippen molar-refractivity contribution in [3.8, 4) is 0 Å². The van der Waals surface area contributed by atoms with Crippen molar-refractivity contribution in [3.63, 3.8) is 0 Å². The van der Waals surface area contributed by atoms with E-state index in [-0.39, 0.29) is 25.0 Å². The molecule has 1 heterocycles. The number of methoxy groups -OCH3 is 1. The fraction of sp³-hybridized carbons (Fsp3) is 0.636. The van der Waals surface area contributed by atoms with Crippen molar-refractivity contribution in [1.29, 1.82) is 0 Å². The molecule has 0 aliphatic carbocycles. The Kier molecular flexibility index (Phi) is 5.96. The van der Waals surface area contributed by atoms with E-state index in [2.05, 4.69) is 14.6 Å². The summed E-state index contributed by atoms with van der Waals surface area (Å²) >= 11 is 0. The summed E-state index contributed by atoms with van der Waals surface area (Å²) in [6, 6.07) is 0. The third kappa shape index (κ3) is 6.02. The molecule has 8 nitrogen and oxygen atoms in total. The van der Waals surface area contributed by atoms with Crippen LogP contribution in [0, 0.1) is 0 Å². The van der Waals surface area contributed by atoms with Crippen LogP contribution in [0.5, 0.6) is 0 Å². The minimum Gasteiger partial charge on any atom is -0.468 e. The van der Waals surface area contributed by atoms with Gasteiger partial charge in [-0.3, -0.25) is 14.2 Å². The first kappa shape index (κ1) is 16.4. The number of ether oxygens (including phenoxy) is 2. The predicted molar refractivity (Wildman–Crippen MR) is 72.7 cm³/mol. The van der Waals surface area contributed by atoms with E-state index in [1.54, 1.807) is 0 Å². The van der Waals surface area contributed by atoms with Crippen molar-refractivity contribution in [2.75, 3.05) is 24.2 Å². The highest BCUT2D eigenvalue weighted by Crippen LogP contribution is 2.08. The Morgan fingerprint density at radius 2 is 2.20 bits per heavy atom. The van der Waals surface area contributed by atoms with Gasteiger partial charge in [0.1, 0.15) is 6.54 Å². The van der Waals surface area contributed by atoms with E-state index < -0.39 is 16.0 Å². The zero-order valence-corrected chi connectivity index (χ0v) is 12.5. The Labute approximate surface area is 118 Å². The average molecular weight is 305 g/mol. The van der Waals surface area contributed by atoms with Crippen LogP contribution >= 0.6 is 0 Å². The summed E-state index contributed by atoms with van der Waals surface area (Å²) in [6.45, 7) is 3.70. The van der Waals surface area contributed by atoms with E-state index in [4.69, 9.17) is 4.74 Å². The van der Waals surface area contributed by atoms with Crippen molar-refractivity contribution < 1.29 is 22.7 Å². The molecule has 0 aliphatic rings. The standard InChI is InChI=1S/C11H19N3O5S/c1-9(2)19-4-5-20(16,17)13-10-6-12-14(7-10)8-11(15)18-3/h6-7,9,13H,4-5,8H2,1-3H3. The first-order chi connectivity index (χ1) is 9.32. The van der Waals surface area contributed by atoms with Gasteiger partial charge in [0.2, 0.25) is 10.0 Å². The summed E-state index contributed by atoms with van der Waals surface area (Å²) in [5, 5.41) is 3.85. The smallest absolute Gasteiger partial charge is 0.327 e. The van der Waals surface area contributed by atoms with Crippen molar-refractivity contribution in [2.24, 2.45) is 0 Å². The second kappa shape index (κ2) is 7.25. The van der Waals surface area contributed by atoms with Crippen LogP contribution in [0.15, 0.2) is 12.4 Å². The fourth-order valence-corrected chi connectivity index (χ4v) is 2.21. The Hall–Kier alpha value is -1.61. The summed E-state index contributed by atoms with van der Waals surface area (Å²) in [7, 11) is -2.23. The van der Waals surface area contributed by atoms with Crippen molar-refractivity contribution in [1.82, 2.24) is 9.78 Å². The highest BCUT2D eigenvalue weighted by molar-refractivity contribution is 7.92. The minimum atomic E-state index is -3.50. The molecule has 0 aromatic carbocycles. The highest BCUT2D eigenvalue weighted by Gasteiger charge is 2.13. The zero-order valence-electron chi connectivity index (χ0n) is 11.7. The molecule has 0 saturated carbocycles. The number of esters is 1. The molecule has 9 heteroatoms. The monoisotopic (exact) mass is 305 g/mol. The predicted octanol–water partition coefficient (Wildman–Crippen LogP) is 0.223. The number of carbonyl (C=O) groups is 1. The topological polar surface area (TPSA) is 99.5 Å². The summed E-state index contributed by atoms with van der Waals surface area (Å²) < 4.78 is 36.8. The molecule has 0 fully saturated rings. The van der Waals surface area contributed by atoms with Crippen LogP contribution < -0.4 is 4.72 Å². The van der Waals surface area contributed by atoms with Gasteiger partial charge in [-0.1, -0.05) is 0 Å². The number of rotatable bonds is 8. The van der Waals surface area contributed by atoms with Gasteiger partial charge in [-0.2, -0.15) is 5.10 Å². The molecule has 1 aromatic heterocycles. The molecule has 0 unspecified atom stereocenters. The number of hydrogen-bond acceptors (Lipinski definition) is 6. The van der Waals surface area contributed by atoms with Gasteiger partial charge >= 0.3 is 5.97 Å². The van der Waals surface area contributed by atoms with Crippen LogP contribution in [0.25, 0.3) is 0 Å². The van der Waals surface area contributed by atoms with Gasteiger partial charge in [0.05, 0.1) is 37.5 Å². The SMILES string of the molecule is COC(=O)Cn1cc(NS(=O)(=O)CCOC(C)C)cn1.